The lowest BCUT2D eigenvalue weighted by molar-refractivity contribution is -0.116. The summed E-state index contributed by atoms with van der Waals surface area (Å²) in [6.45, 7) is 3.98. The van der Waals surface area contributed by atoms with Crippen LogP contribution in [0.1, 0.15) is 47.2 Å². The number of carbonyl (C=O) groups excluding carboxylic acids is 1. The van der Waals surface area contributed by atoms with Crippen LogP contribution >= 0.6 is 0 Å². The maximum absolute atomic E-state index is 12.5. The zero-order chi connectivity index (χ0) is 20.2. The summed E-state index contributed by atoms with van der Waals surface area (Å²) >= 11 is 0. The minimum absolute atomic E-state index is 0.0163. The van der Waals surface area contributed by atoms with Gasteiger partial charge in [-0.05, 0) is 43.0 Å². The van der Waals surface area contributed by atoms with Gasteiger partial charge in [0.05, 0.1) is 10.5 Å². The van der Waals surface area contributed by atoms with Crippen molar-refractivity contribution < 1.29 is 23.1 Å². The highest BCUT2D eigenvalue weighted by Crippen LogP contribution is 2.25. The van der Waals surface area contributed by atoms with Crippen LogP contribution < -0.4 is 5.32 Å². The van der Waals surface area contributed by atoms with Crippen LogP contribution in [0.2, 0.25) is 0 Å². The Balaban J connectivity index is 2.22. The van der Waals surface area contributed by atoms with Gasteiger partial charge in [0.2, 0.25) is 5.91 Å². The first-order valence-corrected chi connectivity index (χ1v) is 10.4. The monoisotopic (exact) mass is 389 g/mol. The zero-order valence-electron chi connectivity index (χ0n) is 15.5. The summed E-state index contributed by atoms with van der Waals surface area (Å²) in [5, 5.41) is 11.8. The number of aryl methyl sites for hydroxylation is 1. The molecule has 2 N–H and O–H groups in total. The van der Waals surface area contributed by atoms with E-state index in [0.29, 0.717) is 0 Å². The van der Waals surface area contributed by atoms with Crippen molar-refractivity contribution in [3.63, 3.8) is 0 Å². The molecule has 7 heteroatoms. The quantitative estimate of drug-likeness (QED) is 0.753. The van der Waals surface area contributed by atoms with Gasteiger partial charge in [-0.3, -0.25) is 4.79 Å². The lowest BCUT2D eigenvalue weighted by Gasteiger charge is -2.16. The number of carboxylic acids is 1. The average Bonchev–Trinajstić information content (AvgIpc) is 2.59. The Labute approximate surface area is 159 Å². The smallest absolute Gasteiger partial charge is 0.335 e. The van der Waals surface area contributed by atoms with Gasteiger partial charge < -0.3 is 10.4 Å². The van der Waals surface area contributed by atoms with Crippen molar-refractivity contribution in [1.29, 1.82) is 0 Å². The van der Waals surface area contributed by atoms with Crippen LogP contribution in [-0.2, 0) is 14.6 Å². The number of sulfone groups is 1. The molecule has 144 valence electrons. The second-order valence-electron chi connectivity index (χ2n) is 6.59. The van der Waals surface area contributed by atoms with Gasteiger partial charge in [0, 0.05) is 18.4 Å². The van der Waals surface area contributed by atoms with E-state index in [0.717, 1.165) is 29.9 Å². The number of carbonyl (C=O) groups is 2. The van der Waals surface area contributed by atoms with E-state index in [9.17, 15) is 23.1 Å². The summed E-state index contributed by atoms with van der Waals surface area (Å²) in [4.78, 5) is 23.6. The average molecular weight is 389 g/mol. The highest BCUT2D eigenvalue weighted by Gasteiger charge is 2.17. The first kappa shape index (κ1) is 20.6. The number of hydrogen-bond acceptors (Lipinski definition) is 4. The van der Waals surface area contributed by atoms with Crippen molar-refractivity contribution in [2.75, 3.05) is 11.6 Å². The lowest BCUT2D eigenvalue weighted by Crippen LogP contribution is -2.16. The van der Waals surface area contributed by atoms with Gasteiger partial charge in [-0.25, -0.2) is 13.2 Å². The predicted molar refractivity (Wildman–Crippen MR) is 104 cm³/mol. The predicted octanol–water partition coefficient (Wildman–Crippen LogP) is 3.62. The van der Waals surface area contributed by atoms with Crippen molar-refractivity contribution >= 4 is 27.4 Å². The van der Waals surface area contributed by atoms with Crippen LogP contribution in [0.3, 0.4) is 0 Å². The molecule has 0 heterocycles. The van der Waals surface area contributed by atoms with Gasteiger partial charge in [0.1, 0.15) is 0 Å². The molecule has 0 radical (unpaired) electrons. The molecule has 2 aromatic rings. The van der Waals surface area contributed by atoms with Gasteiger partial charge in [0.15, 0.2) is 9.84 Å². The SMILES string of the molecule is CCC(CC(=O)Nc1cc(C(=O)O)cc(S(C)(=O)=O)c1)c1ccc(C)cc1. The fraction of sp³-hybridized carbons (Fsp3) is 0.300. The molecule has 0 aromatic heterocycles. The zero-order valence-corrected chi connectivity index (χ0v) is 16.3. The van der Waals surface area contributed by atoms with E-state index in [1.165, 1.54) is 12.1 Å². The van der Waals surface area contributed by atoms with Crippen molar-refractivity contribution in [2.24, 2.45) is 0 Å². The van der Waals surface area contributed by atoms with Crippen molar-refractivity contribution in [2.45, 2.75) is 37.5 Å². The van der Waals surface area contributed by atoms with Crippen molar-refractivity contribution in [3.05, 3.63) is 59.2 Å². The Morgan fingerprint density at radius 3 is 2.26 bits per heavy atom. The molecule has 1 atom stereocenters. The normalized spacial score (nSPS) is 12.4. The number of hydrogen-bond donors (Lipinski definition) is 2. The Hall–Kier alpha value is -2.67. The van der Waals surface area contributed by atoms with E-state index in [2.05, 4.69) is 5.32 Å². The van der Waals surface area contributed by atoms with Crippen LogP contribution in [0.15, 0.2) is 47.4 Å². The minimum Gasteiger partial charge on any atom is -0.478 e. The van der Waals surface area contributed by atoms with Gasteiger partial charge in [-0.1, -0.05) is 36.8 Å². The summed E-state index contributed by atoms with van der Waals surface area (Å²) in [6, 6.07) is 11.6. The van der Waals surface area contributed by atoms with Crippen LogP contribution in [0.4, 0.5) is 5.69 Å². The van der Waals surface area contributed by atoms with E-state index >= 15 is 0 Å². The van der Waals surface area contributed by atoms with Crippen LogP contribution in [0.25, 0.3) is 0 Å². The Morgan fingerprint density at radius 1 is 1.11 bits per heavy atom. The molecule has 0 spiro atoms. The molecule has 0 saturated heterocycles. The van der Waals surface area contributed by atoms with Crippen LogP contribution in [-0.4, -0.2) is 31.7 Å². The van der Waals surface area contributed by atoms with Crippen molar-refractivity contribution in [1.82, 2.24) is 0 Å². The molecule has 0 saturated carbocycles. The number of benzene rings is 2. The third-order valence-corrected chi connectivity index (χ3v) is 5.43. The van der Waals surface area contributed by atoms with Gasteiger partial charge >= 0.3 is 5.97 Å². The van der Waals surface area contributed by atoms with Gasteiger partial charge in [-0.15, -0.1) is 0 Å². The Kier molecular flexibility index (Phi) is 6.38. The van der Waals surface area contributed by atoms with Gasteiger partial charge in [0.25, 0.3) is 0 Å². The summed E-state index contributed by atoms with van der Waals surface area (Å²) in [6.07, 6.45) is 1.97. The first-order valence-electron chi connectivity index (χ1n) is 8.55. The lowest BCUT2D eigenvalue weighted by atomic mass is 9.92. The maximum Gasteiger partial charge on any atom is 0.335 e. The molecule has 0 aliphatic heterocycles. The second-order valence-corrected chi connectivity index (χ2v) is 8.61. The van der Waals surface area contributed by atoms with E-state index < -0.39 is 15.8 Å². The first-order chi connectivity index (χ1) is 12.6. The number of amides is 1. The summed E-state index contributed by atoms with van der Waals surface area (Å²) in [5.41, 5.74) is 2.14. The molecule has 0 aliphatic carbocycles. The van der Waals surface area contributed by atoms with Crippen molar-refractivity contribution in [3.8, 4) is 0 Å². The highest BCUT2D eigenvalue weighted by atomic mass is 32.2. The van der Waals surface area contributed by atoms with Crippen LogP contribution in [0, 0.1) is 6.92 Å². The molecular weight excluding hydrogens is 366 g/mol. The standard InChI is InChI=1S/C20H23NO5S/c1-4-14(15-7-5-13(2)6-8-15)11-19(22)21-17-9-16(20(23)24)10-18(12-17)27(3,25)26/h5-10,12,14H,4,11H2,1-3H3,(H,21,22)(H,23,24). The fourth-order valence-corrected chi connectivity index (χ4v) is 3.46. The molecule has 0 aliphatic rings. The maximum atomic E-state index is 12.5. The third kappa shape index (κ3) is 5.65. The van der Waals surface area contributed by atoms with Crippen LogP contribution in [0.5, 0.6) is 0 Å². The van der Waals surface area contributed by atoms with E-state index in [1.807, 2.05) is 38.1 Å². The molecule has 1 unspecified atom stereocenters. The molecule has 1 amide bonds. The topological polar surface area (TPSA) is 101 Å². The third-order valence-electron chi connectivity index (χ3n) is 4.34. The largest absolute Gasteiger partial charge is 0.478 e. The summed E-state index contributed by atoms with van der Waals surface area (Å²) < 4.78 is 23.6. The number of anilines is 1. The molecule has 0 bridgehead atoms. The minimum atomic E-state index is -3.61. The molecule has 27 heavy (non-hydrogen) atoms. The highest BCUT2D eigenvalue weighted by molar-refractivity contribution is 7.90. The van der Waals surface area contributed by atoms with E-state index in [4.69, 9.17) is 0 Å². The number of aromatic carboxylic acids is 1. The number of rotatable bonds is 7. The molecular formula is C20H23NO5S. The number of carboxylic acid groups (broad SMARTS) is 1. The summed E-state index contributed by atoms with van der Waals surface area (Å²) in [7, 11) is -3.61. The fourth-order valence-electron chi connectivity index (χ4n) is 2.78. The Bertz CT molecular complexity index is 949. The van der Waals surface area contributed by atoms with Gasteiger partial charge in [-0.2, -0.15) is 0 Å². The second kappa shape index (κ2) is 8.35. The van der Waals surface area contributed by atoms with E-state index in [1.54, 1.807) is 0 Å². The van der Waals surface area contributed by atoms with E-state index in [-0.39, 0.29) is 34.4 Å². The molecule has 2 rings (SSSR count). The number of nitrogens with one attached hydrogen (secondary N) is 1. The summed E-state index contributed by atoms with van der Waals surface area (Å²) in [5.74, 6) is -1.55. The molecule has 2 aromatic carbocycles. The Morgan fingerprint density at radius 2 is 1.74 bits per heavy atom. The molecule has 6 nitrogen and oxygen atoms in total. The molecule has 0 fully saturated rings.